The lowest BCUT2D eigenvalue weighted by atomic mass is 9.93. The molecule has 0 bridgehead atoms. The van der Waals surface area contributed by atoms with Crippen molar-refractivity contribution in [2.75, 3.05) is 13.1 Å². The van der Waals surface area contributed by atoms with Crippen LogP contribution in [0.25, 0.3) is 0 Å². The van der Waals surface area contributed by atoms with Crippen molar-refractivity contribution in [2.24, 2.45) is 5.92 Å². The predicted molar refractivity (Wildman–Crippen MR) is 80.1 cm³/mol. The summed E-state index contributed by atoms with van der Waals surface area (Å²) < 4.78 is 0. The van der Waals surface area contributed by atoms with Gasteiger partial charge in [0.25, 0.3) is 0 Å². The zero-order chi connectivity index (χ0) is 14.0. The second kappa shape index (κ2) is 5.59. The van der Waals surface area contributed by atoms with E-state index in [4.69, 9.17) is 0 Å². The van der Waals surface area contributed by atoms with Gasteiger partial charge in [-0.25, -0.2) is 0 Å². The first-order chi connectivity index (χ1) is 8.89. The summed E-state index contributed by atoms with van der Waals surface area (Å²) in [6, 6.07) is 4.76. The number of hydrogen-bond donors (Lipinski definition) is 1. The molecule has 19 heavy (non-hydrogen) atoms. The summed E-state index contributed by atoms with van der Waals surface area (Å²) in [5, 5.41) is 3.66. The van der Waals surface area contributed by atoms with Gasteiger partial charge < -0.3 is 5.32 Å². The summed E-state index contributed by atoms with van der Waals surface area (Å²) in [5.74, 6) is 0.660. The van der Waals surface area contributed by atoms with E-state index in [-0.39, 0.29) is 5.54 Å². The van der Waals surface area contributed by atoms with Crippen LogP contribution in [0.15, 0.2) is 18.3 Å². The molecular formula is C16H27N3. The molecule has 1 aromatic heterocycles. The van der Waals surface area contributed by atoms with Crippen LogP contribution in [-0.2, 0) is 6.54 Å². The van der Waals surface area contributed by atoms with E-state index in [1.165, 1.54) is 11.3 Å². The number of pyridine rings is 1. The number of aryl methyl sites for hydroxylation is 1. The van der Waals surface area contributed by atoms with E-state index in [9.17, 15) is 0 Å². The molecule has 2 heterocycles. The highest BCUT2D eigenvalue weighted by atomic mass is 15.3. The van der Waals surface area contributed by atoms with Crippen LogP contribution in [0.2, 0.25) is 0 Å². The average molecular weight is 261 g/mol. The lowest BCUT2D eigenvalue weighted by Crippen LogP contribution is -2.62. The maximum Gasteiger partial charge on any atom is 0.0573 e. The van der Waals surface area contributed by atoms with E-state index in [0.29, 0.717) is 12.0 Å². The van der Waals surface area contributed by atoms with Crippen LogP contribution in [0.5, 0.6) is 0 Å². The minimum Gasteiger partial charge on any atom is -0.309 e. The van der Waals surface area contributed by atoms with Crippen molar-refractivity contribution in [3.8, 4) is 0 Å². The summed E-state index contributed by atoms with van der Waals surface area (Å²) in [4.78, 5) is 7.15. The molecule has 0 aliphatic carbocycles. The molecule has 3 heteroatoms. The lowest BCUT2D eigenvalue weighted by Gasteiger charge is -2.46. The molecule has 1 N–H and O–H groups in total. The second-order valence-electron chi connectivity index (χ2n) is 6.75. The Labute approximate surface area is 117 Å². The lowest BCUT2D eigenvalue weighted by molar-refractivity contribution is 0.0615. The summed E-state index contributed by atoms with van der Waals surface area (Å²) in [6.45, 7) is 14.4. The predicted octanol–water partition coefficient (Wildman–Crippen LogP) is 2.60. The molecule has 1 aliphatic rings. The Hall–Kier alpha value is -0.930. The third-order valence-electron chi connectivity index (χ3n) is 4.10. The third kappa shape index (κ3) is 3.54. The minimum atomic E-state index is 0.189. The van der Waals surface area contributed by atoms with Gasteiger partial charge in [-0.1, -0.05) is 19.9 Å². The summed E-state index contributed by atoms with van der Waals surface area (Å²) in [5.41, 5.74) is 2.70. The van der Waals surface area contributed by atoms with E-state index in [2.05, 4.69) is 55.9 Å². The van der Waals surface area contributed by atoms with E-state index >= 15 is 0 Å². The molecule has 0 saturated carbocycles. The molecule has 0 spiro atoms. The molecule has 1 saturated heterocycles. The zero-order valence-electron chi connectivity index (χ0n) is 12.9. The highest BCUT2D eigenvalue weighted by molar-refractivity contribution is 5.18. The number of piperazine rings is 1. The maximum absolute atomic E-state index is 4.55. The van der Waals surface area contributed by atoms with Gasteiger partial charge in [0.15, 0.2) is 0 Å². The number of nitrogens with zero attached hydrogens (tertiary/aromatic N) is 2. The van der Waals surface area contributed by atoms with Crippen molar-refractivity contribution < 1.29 is 0 Å². The Morgan fingerprint density at radius 2 is 2.21 bits per heavy atom. The molecule has 2 rings (SSSR count). The van der Waals surface area contributed by atoms with Crippen molar-refractivity contribution >= 4 is 0 Å². The standard InChI is InChI=1S/C16H27N3/c1-12(2)15-9-18-16(4,5)11-19(15)10-14-13(3)7-6-8-17-14/h6-8,12,15,18H,9-11H2,1-5H3. The maximum atomic E-state index is 4.55. The molecule has 3 nitrogen and oxygen atoms in total. The van der Waals surface area contributed by atoms with Gasteiger partial charge in [0.2, 0.25) is 0 Å². The van der Waals surface area contributed by atoms with Crippen LogP contribution in [0, 0.1) is 12.8 Å². The number of hydrogen-bond acceptors (Lipinski definition) is 3. The molecule has 1 aliphatic heterocycles. The van der Waals surface area contributed by atoms with E-state index in [1.54, 1.807) is 0 Å². The van der Waals surface area contributed by atoms with Gasteiger partial charge in [0.1, 0.15) is 0 Å². The SMILES string of the molecule is Cc1cccnc1CN1CC(C)(C)NCC1C(C)C. The highest BCUT2D eigenvalue weighted by Gasteiger charge is 2.34. The summed E-state index contributed by atoms with van der Waals surface area (Å²) in [6.07, 6.45) is 1.90. The van der Waals surface area contributed by atoms with Crippen molar-refractivity contribution in [1.82, 2.24) is 15.2 Å². The quantitative estimate of drug-likeness (QED) is 0.906. The van der Waals surface area contributed by atoms with Gasteiger partial charge in [-0.3, -0.25) is 9.88 Å². The second-order valence-corrected chi connectivity index (χ2v) is 6.75. The molecule has 0 aromatic carbocycles. The van der Waals surface area contributed by atoms with Gasteiger partial charge >= 0.3 is 0 Å². The molecular weight excluding hydrogens is 234 g/mol. The minimum absolute atomic E-state index is 0.189. The number of rotatable bonds is 3. The average Bonchev–Trinajstić information content (AvgIpc) is 2.30. The molecule has 106 valence electrons. The van der Waals surface area contributed by atoms with E-state index < -0.39 is 0 Å². The number of aromatic nitrogens is 1. The molecule has 0 radical (unpaired) electrons. The van der Waals surface area contributed by atoms with Crippen LogP contribution >= 0.6 is 0 Å². The Balaban J connectivity index is 2.16. The first kappa shape index (κ1) is 14.5. The highest BCUT2D eigenvalue weighted by Crippen LogP contribution is 2.22. The fourth-order valence-electron chi connectivity index (χ4n) is 2.90. The Morgan fingerprint density at radius 1 is 1.47 bits per heavy atom. The van der Waals surface area contributed by atoms with Gasteiger partial charge in [-0.2, -0.15) is 0 Å². The first-order valence-corrected chi connectivity index (χ1v) is 7.28. The first-order valence-electron chi connectivity index (χ1n) is 7.28. The molecule has 0 amide bonds. The molecule has 1 fully saturated rings. The fourth-order valence-corrected chi connectivity index (χ4v) is 2.90. The van der Waals surface area contributed by atoms with Gasteiger partial charge in [-0.15, -0.1) is 0 Å². The van der Waals surface area contributed by atoms with Gasteiger partial charge in [-0.05, 0) is 38.3 Å². The molecule has 1 atom stereocenters. The largest absolute Gasteiger partial charge is 0.309 e. The molecule has 1 unspecified atom stereocenters. The van der Waals surface area contributed by atoms with Crippen LogP contribution in [0.4, 0.5) is 0 Å². The number of nitrogens with one attached hydrogen (secondary N) is 1. The summed E-state index contributed by atoms with van der Waals surface area (Å²) >= 11 is 0. The third-order valence-corrected chi connectivity index (χ3v) is 4.10. The van der Waals surface area contributed by atoms with Gasteiger partial charge in [0, 0.05) is 37.4 Å². The van der Waals surface area contributed by atoms with Gasteiger partial charge in [0.05, 0.1) is 5.69 Å². The van der Waals surface area contributed by atoms with Crippen LogP contribution in [-0.4, -0.2) is 34.6 Å². The monoisotopic (exact) mass is 261 g/mol. The normalized spacial score (nSPS) is 23.8. The Bertz CT molecular complexity index is 426. The van der Waals surface area contributed by atoms with Crippen molar-refractivity contribution in [3.63, 3.8) is 0 Å². The van der Waals surface area contributed by atoms with Crippen molar-refractivity contribution in [2.45, 2.75) is 52.7 Å². The van der Waals surface area contributed by atoms with Crippen molar-refractivity contribution in [1.29, 1.82) is 0 Å². The fraction of sp³-hybridized carbons (Fsp3) is 0.688. The van der Waals surface area contributed by atoms with E-state index in [1.807, 2.05) is 12.3 Å². The van der Waals surface area contributed by atoms with Crippen LogP contribution in [0.3, 0.4) is 0 Å². The Kier molecular flexibility index (Phi) is 4.26. The summed E-state index contributed by atoms with van der Waals surface area (Å²) in [7, 11) is 0. The van der Waals surface area contributed by atoms with Crippen LogP contribution in [0.1, 0.15) is 39.0 Å². The zero-order valence-corrected chi connectivity index (χ0v) is 12.9. The molecule has 1 aromatic rings. The Morgan fingerprint density at radius 3 is 2.84 bits per heavy atom. The van der Waals surface area contributed by atoms with E-state index in [0.717, 1.165) is 19.6 Å². The topological polar surface area (TPSA) is 28.2 Å². The smallest absolute Gasteiger partial charge is 0.0573 e. The van der Waals surface area contributed by atoms with Crippen molar-refractivity contribution in [3.05, 3.63) is 29.6 Å². The van der Waals surface area contributed by atoms with Crippen LogP contribution < -0.4 is 5.32 Å².